The van der Waals surface area contributed by atoms with Crippen LogP contribution in [0.2, 0.25) is 0 Å². The van der Waals surface area contributed by atoms with E-state index >= 15 is 0 Å². The second kappa shape index (κ2) is 7.04. The number of rotatable bonds is 6. The summed E-state index contributed by atoms with van der Waals surface area (Å²) in [4.78, 5) is 35.0. The molecule has 0 atom stereocenters. The van der Waals surface area contributed by atoms with E-state index in [0.29, 0.717) is 5.56 Å². The first-order valence-corrected chi connectivity index (χ1v) is 7.06. The molecule has 0 radical (unpaired) electrons. The highest BCUT2D eigenvalue weighted by Gasteiger charge is 2.24. The van der Waals surface area contributed by atoms with Crippen LogP contribution >= 0.6 is 11.6 Å². The zero-order valence-corrected chi connectivity index (χ0v) is 12.7. The Labute approximate surface area is 132 Å². The van der Waals surface area contributed by atoms with Crippen LogP contribution in [0.4, 0.5) is 0 Å². The van der Waals surface area contributed by atoms with Crippen LogP contribution in [-0.4, -0.2) is 28.2 Å². The van der Waals surface area contributed by atoms with E-state index in [9.17, 15) is 14.4 Å². The molecule has 22 heavy (non-hydrogen) atoms. The maximum atomic E-state index is 12.1. The van der Waals surface area contributed by atoms with Crippen LogP contribution in [0.25, 0.3) is 11.1 Å². The van der Waals surface area contributed by atoms with Crippen molar-refractivity contribution in [1.29, 1.82) is 0 Å². The molecule has 0 amide bonds. The van der Waals surface area contributed by atoms with Gasteiger partial charge in [-0.25, -0.2) is 0 Å². The van der Waals surface area contributed by atoms with Gasteiger partial charge < -0.3 is 9.30 Å². The number of ether oxygens (including phenoxy) is 1. The summed E-state index contributed by atoms with van der Waals surface area (Å²) in [5.74, 6) is -1.34. The van der Waals surface area contributed by atoms with E-state index in [1.807, 2.05) is 18.2 Å². The zero-order valence-electron chi connectivity index (χ0n) is 11.9. The molecular formula is C16H14ClNO4. The number of carbonyl (C=O) groups is 3. The van der Waals surface area contributed by atoms with Gasteiger partial charge in [0.2, 0.25) is 0 Å². The third-order valence-electron chi connectivity index (χ3n) is 3.05. The largest absolute Gasteiger partial charge is 0.465 e. The Kier molecular flexibility index (Phi) is 5.12. The predicted octanol–water partition coefficient (Wildman–Crippen LogP) is 2.67. The van der Waals surface area contributed by atoms with E-state index in [1.54, 1.807) is 31.3 Å². The van der Waals surface area contributed by atoms with E-state index in [-0.39, 0.29) is 18.8 Å². The first-order valence-electron chi connectivity index (χ1n) is 6.69. The molecule has 0 spiro atoms. The zero-order chi connectivity index (χ0) is 16.1. The average molecular weight is 320 g/mol. The van der Waals surface area contributed by atoms with Crippen molar-refractivity contribution in [3.8, 4) is 11.1 Å². The SMILES string of the molecule is CCOC(=O)Cn1ccc(-c2ccccc2)c1C(=O)C(=O)Cl. The molecule has 0 fully saturated rings. The van der Waals surface area contributed by atoms with Crippen LogP contribution in [0.1, 0.15) is 17.4 Å². The van der Waals surface area contributed by atoms with Crippen LogP contribution < -0.4 is 0 Å². The van der Waals surface area contributed by atoms with Gasteiger partial charge in [0.25, 0.3) is 11.0 Å². The lowest BCUT2D eigenvalue weighted by Crippen LogP contribution is -2.20. The van der Waals surface area contributed by atoms with Gasteiger partial charge in [0.1, 0.15) is 12.2 Å². The van der Waals surface area contributed by atoms with Crippen molar-refractivity contribution in [3.63, 3.8) is 0 Å². The number of hydrogen-bond acceptors (Lipinski definition) is 4. The third kappa shape index (κ3) is 3.43. The van der Waals surface area contributed by atoms with Gasteiger partial charge in [-0.05, 0) is 30.2 Å². The molecule has 0 saturated carbocycles. The van der Waals surface area contributed by atoms with Crippen molar-refractivity contribution in [2.24, 2.45) is 0 Å². The quantitative estimate of drug-likeness (QED) is 0.355. The molecule has 0 N–H and O–H groups in total. The fraction of sp³-hybridized carbons (Fsp3) is 0.188. The minimum absolute atomic E-state index is 0.0826. The highest BCUT2D eigenvalue weighted by Crippen LogP contribution is 2.26. The summed E-state index contributed by atoms with van der Waals surface area (Å²) in [6.45, 7) is 1.77. The lowest BCUT2D eigenvalue weighted by Gasteiger charge is -2.09. The minimum Gasteiger partial charge on any atom is -0.465 e. The summed E-state index contributed by atoms with van der Waals surface area (Å²) < 4.78 is 6.24. The van der Waals surface area contributed by atoms with E-state index in [4.69, 9.17) is 16.3 Å². The first kappa shape index (κ1) is 16.0. The van der Waals surface area contributed by atoms with E-state index in [0.717, 1.165) is 5.56 Å². The lowest BCUT2D eigenvalue weighted by atomic mass is 10.0. The van der Waals surface area contributed by atoms with Crippen molar-refractivity contribution in [3.05, 3.63) is 48.3 Å². The van der Waals surface area contributed by atoms with E-state index < -0.39 is 17.0 Å². The van der Waals surface area contributed by atoms with Gasteiger partial charge >= 0.3 is 5.97 Å². The monoisotopic (exact) mass is 319 g/mol. The summed E-state index contributed by atoms with van der Waals surface area (Å²) in [5, 5.41) is -1.10. The third-order valence-corrected chi connectivity index (χ3v) is 3.22. The number of carbonyl (C=O) groups excluding carboxylic acids is 3. The van der Waals surface area contributed by atoms with Crippen molar-refractivity contribution in [1.82, 2.24) is 4.57 Å². The summed E-state index contributed by atoms with van der Waals surface area (Å²) >= 11 is 5.33. The first-order chi connectivity index (χ1) is 10.5. The lowest BCUT2D eigenvalue weighted by molar-refractivity contribution is -0.143. The molecule has 0 saturated heterocycles. The molecule has 0 aliphatic carbocycles. The fourth-order valence-corrected chi connectivity index (χ4v) is 2.24. The van der Waals surface area contributed by atoms with Crippen LogP contribution in [0, 0.1) is 0 Å². The second-order valence-corrected chi connectivity index (χ2v) is 4.82. The highest BCUT2D eigenvalue weighted by molar-refractivity contribution is 6.83. The van der Waals surface area contributed by atoms with Crippen molar-refractivity contribution >= 4 is 28.6 Å². The van der Waals surface area contributed by atoms with Gasteiger partial charge in [-0.2, -0.15) is 0 Å². The number of Topliss-reactive ketones (excluding diaryl/α,β-unsaturated/α-hetero) is 1. The number of hydrogen-bond donors (Lipinski definition) is 0. The normalized spacial score (nSPS) is 10.3. The van der Waals surface area contributed by atoms with Gasteiger partial charge in [-0.1, -0.05) is 30.3 Å². The van der Waals surface area contributed by atoms with Crippen molar-refractivity contribution < 1.29 is 19.1 Å². The second-order valence-electron chi connectivity index (χ2n) is 4.48. The fourth-order valence-electron chi connectivity index (χ4n) is 2.15. The molecule has 1 aromatic heterocycles. The molecule has 6 heteroatoms. The summed E-state index contributed by atoms with van der Waals surface area (Å²) in [5.41, 5.74) is 1.38. The number of halogens is 1. The van der Waals surface area contributed by atoms with Gasteiger partial charge in [-0.3, -0.25) is 14.4 Å². The molecule has 114 valence electrons. The molecule has 2 rings (SSSR count). The van der Waals surface area contributed by atoms with Crippen LogP contribution in [0.5, 0.6) is 0 Å². The maximum absolute atomic E-state index is 12.1. The molecule has 1 aromatic carbocycles. The van der Waals surface area contributed by atoms with Gasteiger partial charge in [-0.15, -0.1) is 0 Å². The molecule has 0 aliphatic heterocycles. The van der Waals surface area contributed by atoms with E-state index in [2.05, 4.69) is 0 Å². The van der Waals surface area contributed by atoms with Crippen LogP contribution in [0.3, 0.4) is 0 Å². The van der Waals surface area contributed by atoms with E-state index in [1.165, 1.54) is 4.57 Å². The Morgan fingerprint density at radius 2 is 1.82 bits per heavy atom. The van der Waals surface area contributed by atoms with Crippen molar-refractivity contribution in [2.45, 2.75) is 13.5 Å². The summed E-state index contributed by atoms with van der Waals surface area (Å²) in [7, 11) is 0. The van der Waals surface area contributed by atoms with Crippen LogP contribution in [-0.2, 0) is 20.9 Å². The summed E-state index contributed by atoms with van der Waals surface area (Å²) in [6.07, 6.45) is 1.56. The standard InChI is InChI=1S/C16H14ClNO4/c1-2-22-13(19)10-18-9-8-12(11-6-4-3-5-7-11)14(18)15(20)16(17)21/h3-9H,2,10H2,1H3. The van der Waals surface area contributed by atoms with Crippen molar-refractivity contribution in [2.75, 3.05) is 6.61 Å². The Morgan fingerprint density at radius 3 is 2.41 bits per heavy atom. The Balaban J connectivity index is 2.47. The summed E-state index contributed by atoms with van der Waals surface area (Å²) in [6, 6.07) is 10.7. The topological polar surface area (TPSA) is 65.4 Å². The Bertz CT molecular complexity index is 706. The number of ketones is 1. The minimum atomic E-state index is -1.10. The van der Waals surface area contributed by atoms with Crippen LogP contribution in [0.15, 0.2) is 42.6 Å². The van der Waals surface area contributed by atoms with Gasteiger partial charge in [0, 0.05) is 11.8 Å². The highest BCUT2D eigenvalue weighted by atomic mass is 35.5. The Hall–Kier alpha value is -2.40. The number of aromatic nitrogens is 1. The maximum Gasteiger partial charge on any atom is 0.325 e. The molecule has 5 nitrogen and oxygen atoms in total. The Morgan fingerprint density at radius 1 is 1.14 bits per heavy atom. The molecule has 0 unspecified atom stereocenters. The number of esters is 1. The molecule has 0 aliphatic rings. The van der Waals surface area contributed by atoms with Gasteiger partial charge in [0.15, 0.2) is 0 Å². The predicted molar refractivity (Wildman–Crippen MR) is 81.7 cm³/mol. The molecule has 0 bridgehead atoms. The molecular weight excluding hydrogens is 306 g/mol. The average Bonchev–Trinajstić information content (AvgIpc) is 2.90. The number of benzene rings is 1. The molecule has 1 heterocycles. The van der Waals surface area contributed by atoms with Gasteiger partial charge in [0.05, 0.1) is 6.61 Å². The number of nitrogens with zero attached hydrogens (tertiary/aromatic N) is 1. The smallest absolute Gasteiger partial charge is 0.325 e. The molecule has 2 aromatic rings.